The summed E-state index contributed by atoms with van der Waals surface area (Å²) in [5.41, 5.74) is 1.91. The molecule has 0 bridgehead atoms. The zero-order valence-corrected chi connectivity index (χ0v) is 13.7. The number of carbonyl (C=O) groups excluding carboxylic acids is 1. The maximum absolute atomic E-state index is 12.3. The Kier molecular flexibility index (Phi) is 4.53. The Bertz CT molecular complexity index is 858. The maximum atomic E-state index is 12.3. The molecule has 3 aromatic rings. The highest BCUT2D eigenvalue weighted by molar-refractivity contribution is 6.30. The van der Waals surface area contributed by atoms with Gasteiger partial charge in [0, 0.05) is 10.6 Å². The van der Waals surface area contributed by atoms with E-state index in [1.165, 1.54) is 0 Å². The van der Waals surface area contributed by atoms with Crippen LogP contribution in [0.5, 0.6) is 0 Å². The second kappa shape index (κ2) is 6.76. The van der Waals surface area contributed by atoms with Gasteiger partial charge in [0.1, 0.15) is 6.61 Å². The summed E-state index contributed by atoms with van der Waals surface area (Å²) < 4.78 is 6.02. The van der Waals surface area contributed by atoms with Gasteiger partial charge < -0.3 is 9.94 Å². The third-order valence-electron chi connectivity index (χ3n) is 3.54. The number of esters is 1. The summed E-state index contributed by atoms with van der Waals surface area (Å²) in [7, 11) is 0. The van der Waals surface area contributed by atoms with Gasteiger partial charge in [-0.2, -0.15) is 4.73 Å². The first-order chi connectivity index (χ1) is 11.6. The van der Waals surface area contributed by atoms with Gasteiger partial charge in [0.05, 0.1) is 5.69 Å². The van der Waals surface area contributed by atoms with Gasteiger partial charge in [-0.3, -0.25) is 0 Å². The molecule has 0 aliphatic rings. The number of rotatable bonds is 4. The molecule has 0 atom stereocenters. The Morgan fingerprint density at radius 3 is 2.50 bits per heavy atom. The van der Waals surface area contributed by atoms with Crippen molar-refractivity contribution in [1.82, 2.24) is 9.71 Å². The maximum Gasteiger partial charge on any atom is 0.360 e. The summed E-state index contributed by atoms with van der Waals surface area (Å²) in [5, 5.41) is 10.9. The predicted molar refractivity (Wildman–Crippen MR) is 90.2 cm³/mol. The Hall–Kier alpha value is -2.79. The van der Waals surface area contributed by atoms with E-state index in [2.05, 4.69) is 4.98 Å². The molecule has 5 nitrogen and oxygen atoms in total. The van der Waals surface area contributed by atoms with E-state index in [9.17, 15) is 10.0 Å². The number of halogens is 1. The summed E-state index contributed by atoms with van der Waals surface area (Å²) >= 11 is 5.86. The average Bonchev–Trinajstić information content (AvgIpc) is 2.89. The number of hydrogen-bond acceptors (Lipinski definition) is 4. The molecule has 6 heteroatoms. The second-order valence-electron chi connectivity index (χ2n) is 5.25. The van der Waals surface area contributed by atoms with Crippen molar-refractivity contribution in [3.05, 3.63) is 76.6 Å². The number of carbonyl (C=O) groups is 1. The Balaban J connectivity index is 1.83. The molecule has 0 unspecified atom stereocenters. The normalized spacial score (nSPS) is 10.6. The van der Waals surface area contributed by atoms with Crippen molar-refractivity contribution in [2.75, 3.05) is 0 Å². The molecular weight excluding hydrogens is 328 g/mol. The van der Waals surface area contributed by atoms with Crippen molar-refractivity contribution in [2.24, 2.45) is 0 Å². The molecular formula is C18H15ClN2O3. The highest BCUT2D eigenvalue weighted by Crippen LogP contribution is 2.23. The van der Waals surface area contributed by atoms with Crippen LogP contribution in [0.1, 0.15) is 21.7 Å². The van der Waals surface area contributed by atoms with Gasteiger partial charge in [-0.15, -0.1) is 0 Å². The van der Waals surface area contributed by atoms with Crippen molar-refractivity contribution < 1.29 is 14.7 Å². The van der Waals surface area contributed by atoms with Crippen LogP contribution in [0.4, 0.5) is 0 Å². The zero-order chi connectivity index (χ0) is 17.1. The number of benzene rings is 2. The van der Waals surface area contributed by atoms with Gasteiger partial charge in [0.25, 0.3) is 0 Å². The first-order valence-electron chi connectivity index (χ1n) is 7.32. The fourth-order valence-corrected chi connectivity index (χ4v) is 2.46. The molecule has 0 aliphatic carbocycles. The highest BCUT2D eigenvalue weighted by Gasteiger charge is 2.22. The minimum absolute atomic E-state index is 0.0101. The minimum atomic E-state index is -0.633. The van der Waals surface area contributed by atoms with Crippen molar-refractivity contribution in [3.63, 3.8) is 0 Å². The van der Waals surface area contributed by atoms with Gasteiger partial charge in [-0.1, -0.05) is 41.9 Å². The van der Waals surface area contributed by atoms with E-state index >= 15 is 0 Å². The van der Waals surface area contributed by atoms with Crippen LogP contribution in [0, 0.1) is 6.92 Å². The monoisotopic (exact) mass is 342 g/mol. The van der Waals surface area contributed by atoms with Crippen molar-refractivity contribution in [3.8, 4) is 11.4 Å². The van der Waals surface area contributed by atoms with E-state index in [1.54, 1.807) is 31.2 Å². The zero-order valence-electron chi connectivity index (χ0n) is 12.9. The van der Waals surface area contributed by atoms with Crippen LogP contribution in [0.3, 0.4) is 0 Å². The number of nitrogens with zero attached hydrogens (tertiary/aromatic N) is 2. The molecule has 24 heavy (non-hydrogen) atoms. The van der Waals surface area contributed by atoms with Gasteiger partial charge in [0.2, 0.25) is 0 Å². The molecule has 122 valence electrons. The highest BCUT2D eigenvalue weighted by atomic mass is 35.5. The number of ether oxygens (including phenoxy) is 1. The van der Waals surface area contributed by atoms with Gasteiger partial charge in [-0.25, -0.2) is 9.78 Å². The first kappa shape index (κ1) is 16.1. The largest absolute Gasteiger partial charge is 0.456 e. The lowest BCUT2D eigenvalue weighted by atomic mass is 10.2. The van der Waals surface area contributed by atoms with Crippen molar-refractivity contribution >= 4 is 17.6 Å². The van der Waals surface area contributed by atoms with Crippen molar-refractivity contribution in [2.45, 2.75) is 13.5 Å². The molecule has 3 rings (SSSR count). The molecule has 0 saturated carbocycles. The lowest BCUT2D eigenvalue weighted by Crippen LogP contribution is -2.12. The molecule has 1 aromatic heterocycles. The van der Waals surface area contributed by atoms with E-state index in [0.717, 1.165) is 10.3 Å². The number of aryl methyl sites for hydroxylation is 1. The minimum Gasteiger partial charge on any atom is -0.456 e. The molecule has 1 heterocycles. The Morgan fingerprint density at radius 2 is 1.83 bits per heavy atom. The number of aromatic nitrogens is 2. The molecule has 0 saturated heterocycles. The second-order valence-corrected chi connectivity index (χ2v) is 5.69. The van der Waals surface area contributed by atoms with Crippen LogP contribution >= 0.6 is 11.6 Å². The molecule has 0 fully saturated rings. The summed E-state index contributed by atoms with van der Waals surface area (Å²) in [6.07, 6.45) is 0. The molecule has 0 radical (unpaired) electrons. The van der Waals surface area contributed by atoms with Crippen LogP contribution in [0.25, 0.3) is 11.4 Å². The van der Waals surface area contributed by atoms with Gasteiger partial charge in [0.15, 0.2) is 11.5 Å². The molecule has 0 aliphatic heterocycles. The smallest absolute Gasteiger partial charge is 0.360 e. The fraction of sp³-hybridized carbons (Fsp3) is 0.111. The van der Waals surface area contributed by atoms with Crippen molar-refractivity contribution in [1.29, 1.82) is 0 Å². The average molecular weight is 343 g/mol. The summed E-state index contributed by atoms with van der Waals surface area (Å²) in [4.78, 5) is 16.5. The van der Waals surface area contributed by atoms with Crippen LogP contribution in [0.2, 0.25) is 5.02 Å². The van der Waals surface area contributed by atoms with Gasteiger partial charge >= 0.3 is 5.97 Å². The van der Waals surface area contributed by atoms with E-state index in [0.29, 0.717) is 16.3 Å². The fourth-order valence-electron chi connectivity index (χ4n) is 2.33. The third kappa shape index (κ3) is 3.26. The van der Waals surface area contributed by atoms with E-state index < -0.39 is 5.97 Å². The van der Waals surface area contributed by atoms with E-state index in [1.807, 2.05) is 30.3 Å². The number of hydrogen-bond donors (Lipinski definition) is 1. The third-order valence-corrected chi connectivity index (χ3v) is 3.79. The standard InChI is InChI=1S/C18H15ClN2O3/c1-12-16(18(22)24-11-13-5-3-2-4-6-13)21(23)17(20-12)14-7-9-15(19)10-8-14/h2-10,23H,11H2,1H3. The Labute approximate surface area is 144 Å². The topological polar surface area (TPSA) is 64.3 Å². The molecule has 0 spiro atoms. The lowest BCUT2D eigenvalue weighted by molar-refractivity contribution is 0.0423. The summed E-state index contributed by atoms with van der Waals surface area (Å²) in [5.74, 6) is -0.373. The van der Waals surface area contributed by atoms with Crippen LogP contribution < -0.4 is 0 Å². The Morgan fingerprint density at radius 1 is 1.17 bits per heavy atom. The molecule has 1 N–H and O–H groups in total. The predicted octanol–water partition coefficient (Wildman–Crippen LogP) is 4.11. The lowest BCUT2D eigenvalue weighted by Gasteiger charge is -2.06. The van der Waals surface area contributed by atoms with Crippen LogP contribution in [-0.4, -0.2) is 20.9 Å². The summed E-state index contributed by atoms with van der Waals surface area (Å²) in [6, 6.07) is 16.1. The number of imidazole rings is 1. The SMILES string of the molecule is Cc1nc(-c2ccc(Cl)cc2)n(O)c1C(=O)OCc1ccccc1. The van der Waals surface area contributed by atoms with Crippen LogP contribution in [-0.2, 0) is 11.3 Å². The van der Waals surface area contributed by atoms with E-state index in [4.69, 9.17) is 16.3 Å². The van der Waals surface area contributed by atoms with E-state index in [-0.39, 0.29) is 18.1 Å². The first-order valence-corrected chi connectivity index (χ1v) is 7.69. The molecule has 2 aromatic carbocycles. The van der Waals surface area contributed by atoms with Gasteiger partial charge in [-0.05, 0) is 36.8 Å². The molecule has 0 amide bonds. The summed E-state index contributed by atoms with van der Waals surface area (Å²) in [6.45, 7) is 1.77. The quantitative estimate of drug-likeness (QED) is 0.572. The van der Waals surface area contributed by atoms with Crippen LogP contribution in [0.15, 0.2) is 54.6 Å².